The Labute approximate surface area is 157 Å². The van der Waals surface area contributed by atoms with Crippen LogP contribution in [0.4, 0.5) is 4.39 Å². The molecule has 0 atom stereocenters. The molecule has 27 heavy (non-hydrogen) atoms. The summed E-state index contributed by atoms with van der Waals surface area (Å²) >= 11 is 0. The van der Waals surface area contributed by atoms with Crippen LogP contribution in [0.1, 0.15) is 31.2 Å². The number of guanidine groups is 1. The largest absolute Gasteiger partial charge is 0.357 e. The van der Waals surface area contributed by atoms with Gasteiger partial charge >= 0.3 is 0 Å². The van der Waals surface area contributed by atoms with Gasteiger partial charge in [-0.05, 0) is 49.6 Å². The van der Waals surface area contributed by atoms with E-state index >= 15 is 0 Å². The van der Waals surface area contributed by atoms with Gasteiger partial charge in [0.1, 0.15) is 12.4 Å². The van der Waals surface area contributed by atoms with Crippen LogP contribution >= 0.6 is 0 Å². The number of pyridine rings is 1. The lowest BCUT2D eigenvalue weighted by Gasteiger charge is -2.19. The van der Waals surface area contributed by atoms with Crippen molar-refractivity contribution in [1.82, 2.24) is 25.2 Å². The second-order valence-corrected chi connectivity index (χ2v) is 6.88. The maximum atomic E-state index is 13.6. The number of hydrogen-bond donors (Lipinski definition) is 2. The Bertz CT molecular complexity index is 960. The van der Waals surface area contributed by atoms with E-state index in [0.717, 1.165) is 48.9 Å². The van der Waals surface area contributed by atoms with Gasteiger partial charge in [0.25, 0.3) is 0 Å². The lowest BCUT2D eigenvalue weighted by Crippen LogP contribution is -2.41. The number of benzene rings is 1. The molecule has 1 aliphatic rings. The summed E-state index contributed by atoms with van der Waals surface area (Å²) in [6.45, 7) is 3.94. The minimum absolute atomic E-state index is 0.000148. The average molecular weight is 366 g/mol. The van der Waals surface area contributed by atoms with Gasteiger partial charge in [-0.25, -0.2) is 9.38 Å². The summed E-state index contributed by atoms with van der Waals surface area (Å²) in [6, 6.07) is 12.7. The van der Waals surface area contributed by atoms with Crippen LogP contribution in [0.2, 0.25) is 0 Å². The molecule has 7 heteroatoms. The molecule has 1 saturated carbocycles. The van der Waals surface area contributed by atoms with Crippen molar-refractivity contribution in [2.45, 2.75) is 31.7 Å². The van der Waals surface area contributed by atoms with E-state index in [1.807, 2.05) is 41.8 Å². The van der Waals surface area contributed by atoms with Crippen LogP contribution in [0.3, 0.4) is 0 Å². The molecule has 1 aliphatic carbocycles. The van der Waals surface area contributed by atoms with Crippen LogP contribution in [0.25, 0.3) is 5.65 Å². The Kier molecular flexibility index (Phi) is 4.75. The lowest BCUT2D eigenvalue weighted by molar-refractivity contribution is 0.607. The molecule has 2 N–H and O–H groups in total. The quantitative estimate of drug-likeness (QED) is 0.520. The molecule has 140 valence electrons. The number of nitrogens with zero attached hydrogens (tertiary/aromatic N) is 4. The van der Waals surface area contributed by atoms with E-state index in [0.29, 0.717) is 6.54 Å². The highest BCUT2D eigenvalue weighted by atomic mass is 19.1. The molecule has 0 unspecified atom stereocenters. The molecular weight excluding hydrogens is 343 g/mol. The van der Waals surface area contributed by atoms with Crippen molar-refractivity contribution in [3.8, 4) is 0 Å². The molecule has 6 nitrogen and oxygen atoms in total. The molecule has 0 aliphatic heterocycles. The van der Waals surface area contributed by atoms with E-state index in [-0.39, 0.29) is 11.2 Å². The SMILES string of the molecule is CCNC(=NCc1nnc2ccccn12)NCC1(c2cccc(F)c2)CC1. The molecular formula is C20H23FN6. The van der Waals surface area contributed by atoms with E-state index < -0.39 is 0 Å². The van der Waals surface area contributed by atoms with Crippen LogP contribution < -0.4 is 10.6 Å². The molecule has 2 heterocycles. The number of nitrogens with one attached hydrogen (secondary N) is 2. The van der Waals surface area contributed by atoms with Crippen molar-refractivity contribution in [1.29, 1.82) is 0 Å². The van der Waals surface area contributed by atoms with Gasteiger partial charge in [-0.2, -0.15) is 0 Å². The van der Waals surface area contributed by atoms with Crippen molar-refractivity contribution in [3.63, 3.8) is 0 Å². The first-order valence-electron chi connectivity index (χ1n) is 9.27. The van der Waals surface area contributed by atoms with Crippen molar-refractivity contribution >= 4 is 11.6 Å². The van der Waals surface area contributed by atoms with Crippen molar-refractivity contribution < 1.29 is 4.39 Å². The first kappa shape index (κ1) is 17.5. The van der Waals surface area contributed by atoms with Crippen molar-refractivity contribution in [3.05, 3.63) is 65.9 Å². The van der Waals surface area contributed by atoms with E-state index in [9.17, 15) is 4.39 Å². The van der Waals surface area contributed by atoms with Crippen LogP contribution in [-0.4, -0.2) is 33.6 Å². The Morgan fingerprint density at radius 2 is 2.07 bits per heavy atom. The fourth-order valence-corrected chi connectivity index (χ4v) is 3.28. The molecule has 0 spiro atoms. The third kappa shape index (κ3) is 3.77. The molecule has 0 radical (unpaired) electrons. The van der Waals surface area contributed by atoms with Gasteiger partial charge < -0.3 is 10.6 Å². The van der Waals surface area contributed by atoms with E-state index in [4.69, 9.17) is 0 Å². The first-order valence-corrected chi connectivity index (χ1v) is 9.27. The first-order chi connectivity index (χ1) is 13.2. The van der Waals surface area contributed by atoms with Crippen molar-refractivity contribution in [2.24, 2.45) is 4.99 Å². The minimum Gasteiger partial charge on any atom is -0.357 e. The normalized spacial score (nSPS) is 15.7. The smallest absolute Gasteiger partial charge is 0.191 e. The highest BCUT2D eigenvalue weighted by molar-refractivity contribution is 5.79. The number of rotatable bonds is 6. The summed E-state index contributed by atoms with van der Waals surface area (Å²) in [7, 11) is 0. The summed E-state index contributed by atoms with van der Waals surface area (Å²) in [5.74, 6) is 1.33. The Balaban J connectivity index is 1.46. The number of aromatic nitrogens is 3. The van der Waals surface area contributed by atoms with E-state index in [2.05, 4.69) is 25.8 Å². The van der Waals surface area contributed by atoms with E-state index in [1.54, 1.807) is 12.1 Å². The summed E-state index contributed by atoms with van der Waals surface area (Å²) in [4.78, 5) is 4.65. The molecule has 0 bridgehead atoms. The molecule has 0 saturated heterocycles. The van der Waals surface area contributed by atoms with Crippen LogP contribution in [0.5, 0.6) is 0 Å². The zero-order chi connectivity index (χ0) is 18.7. The minimum atomic E-state index is -0.182. The van der Waals surface area contributed by atoms with E-state index in [1.165, 1.54) is 6.07 Å². The molecule has 1 aromatic carbocycles. The predicted molar refractivity (Wildman–Crippen MR) is 103 cm³/mol. The summed E-state index contributed by atoms with van der Waals surface area (Å²) in [5.41, 5.74) is 1.86. The van der Waals surface area contributed by atoms with Gasteiger partial charge in [-0.1, -0.05) is 18.2 Å². The van der Waals surface area contributed by atoms with Gasteiger partial charge in [-0.3, -0.25) is 4.40 Å². The fourth-order valence-electron chi connectivity index (χ4n) is 3.28. The fraction of sp³-hybridized carbons (Fsp3) is 0.350. The van der Waals surface area contributed by atoms with Gasteiger partial charge in [-0.15, -0.1) is 10.2 Å². The third-order valence-corrected chi connectivity index (χ3v) is 4.99. The van der Waals surface area contributed by atoms with Crippen LogP contribution in [0, 0.1) is 5.82 Å². The maximum Gasteiger partial charge on any atom is 0.191 e. The standard InChI is InChI=1S/C20H23FN6/c1-2-22-19(23-13-18-26-25-17-8-3-4-11-27(17)18)24-14-20(9-10-20)15-6-5-7-16(21)12-15/h3-8,11-12H,2,9-10,13-14H2,1H3,(H2,22,23,24). The maximum absolute atomic E-state index is 13.6. The molecule has 0 amide bonds. The molecule has 4 rings (SSSR count). The van der Waals surface area contributed by atoms with Crippen LogP contribution in [-0.2, 0) is 12.0 Å². The zero-order valence-corrected chi connectivity index (χ0v) is 15.3. The Morgan fingerprint density at radius 1 is 1.19 bits per heavy atom. The lowest BCUT2D eigenvalue weighted by atomic mass is 9.96. The number of halogens is 1. The second-order valence-electron chi connectivity index (χ2n) is 6.88. The summed E-state index contributed by atoms with van der Waals surface area (Å²) < 4.78 is 15.5. The molecule has 1 fully saturated rings. The molecule has 3 aromatic rings. The highest BCUT2D eigenvalue weighted by Gasteiger charge is 2.44. The van der Waals surface area contributed by atoms with Crippen LogP contribution in [0.15, 0.2) is 53.7 Å². The number of aliphatic imine (C=N–C) groups is 1. The number of fused-ring (bicyclic) bond motifs is 1. The Hall–Kier alpha value is -2.96. The second kappa shape index (κ2) is 7.34. The monoisotopic (exact) mass is 366 g/mol. The zero-order valence-electron chi connectivity index (χ0n) is 15.3. The highest BCUT2D eigenvalue weighted by Crippen LogP contribution is 2.47. The predicted octanol–water partition coefficient (Wildman–Crippen LogP) is 2.66. The van der Waals surface area contributed by atoms with Crippen molar-refractivity contribution in [2.75, 3.05) is 13.1 Å². The van der Waals surface area contributed by atoms with Gasteiger partial charge in [0, 0.05) is 24.7 Å². The number of hydrogen-bond acceptors (Lipinski definition) is 3. The van der Waals surface area contributed by atoms with Gasteiger partial charge in [0.2, 0.25) is 0 Å². The third-order valence-electron chi connectivity index (χ3n) is 4.99. The Morgan fingerprint density at radius 3 is 2.85 bits per heavy atom. The summed E-state index contributed by atoms with van der Waals surface area (Å²) in [6.07, 6.45) is 4.04. The van der Waals surface area contributed by atoms with Gasteiger partial charge in [0.05, 0.1) is 0 Å². The molecule has 2 aromatic heterocycles. The topological polar surface area (TPSA) is 66.6 Å². The van der Waals surface area contributed by atoms with Gasteiger partial charge in [0.15, 0.2) is 17.4 Å². The average Bonchev–Trinajstić information content (AvgIpc) is 3.37. The summed E-state index contributed by atoms with van der Waals surface area (Å²) in [5, 5.41) is 15.0.